The van der Waals surface area contributed by atoms with Crippen molar-refractivity contribution in [2.45, 2.75) is 53.1 Å². The van der Waals surface area contributed by atoms with Gasteiger partial charge in [0.05, 0.1) is 7.11 Å². The van der Waals surface area contributed by atoms with Crippen LogP contribution >= 0.6 is 0 Å². The van der Waals surface area contributed by atoms with Crippen LogP contribution in [0.25, 0.3) is 0 Å². The van der Waals surface area contributed by atoms with E-state index in [0.29, 0.717) is 6.42 Å². The topological polar surface area (TPSA) is 114 Å². The predicted molar refractivity (Wildman–Crippen MR) is 88.9 cm³/mol. The number of hydrogen-bond acceptors (Lipinski definition) is 5. The molecule has 0 spiro atoms. The van der Waals surface area contributed by atoms with Crippen molar-refractivity contribution < 1.29 is 23.9 Å². The maximum atomic E-state index is 12.4. The van der Waals surface area contributed by atoms with Gasteiger partial charge in [-0.05, 0) is 18.3 Å². The number of rotatable bonds is 9. The summed E-state index contributed by atoms with van der Waals surface area (Å²) in [5.41, 5.74) is 0. The highest BCUT2D eigenvalue weighted by molar-refractivity contribution is 5.92. The van der Waals surface area contributed by atoms with Crippen molar-refractivity contribution in [2.24, 2.45) is 11.8 Å². The minimum atomic E-state index is -0.794. The van der Waals surface area contributed by atoms with Gasteiger partial charge in [0.15, 0.2) is 0 Å². The molecule has 0 bridgehead atoms. The van der Waals surface area contributed by atoms with Crippen LogP contribution in [0.3, 0.4) is 0 Å². The van der Waals surface area contributed by atoms with Crippen molar-refractivity contribution in [1.29, 1.82) is 0 Å². The van der Waals surface area contributed by atoms with Crippen molar-refractivity contribution in [3.63, 3.8) is 0 Å². The summed E-state index contributed by atoms with van der Waals surface area (Å²) in [6.07, 6.45) is 0.406. The summed E-state index contributed by atoms with van der Waals surface area (Å²) in [4.78, 5) is 47.0. The van der Waals surface area contributed by atoms with Crippen LogP contribution in [0.5, 0.6) is 0 Å². The summed E-state index contributed by atoms with van der Waals surface area (Å²) < 4.78 is 4.47. The largest absolute Gasteiger partial charge is 0.468 e. The van der Waals surface area contributed by atoms with E-state index in [1.165, 1.54) is 14.0 Å². The van der Waals surface area contributed by atoms with E-state index in [1.54, 1.807) is 13.8 Å². The van der Waals surface area contributed by atoms with Gasteiger partial charge in [0.2, 0.25) is 17.7 Å². The fourth-order valence-electron chi connectivity index (χ4n) is 2.07. The van der Waals surface area contributed by atoms with Crippen molar-refractivity contribution in [2.75, 3.05) is 13.7 Å². The zero-order valence-corrected chi connectivity index (χ0v) is 15.3. The minimum absolute atomic E-state index is 0.133. The second-order valence-corrected chi connectivity index (χ2v) is 6.41. The summed E-state index contributed by atoms with van der Waals surface area (Å²) in [6.45, 7) is 8.50. The lowest BCUT2D eigenvalue weighted by Gasteiger charge is -2.25. The van der Waals surface area contributed by atoms with Gasteiger partial charge in [0, 0.05) is 6.92 Å². The molecule has 24 heavy (non-hydrogen) atoms. The van der Waals surface area contributed by atoms with Gasteiger partial charge in [0.1, 0.15) is 18.6 Å². The van der Waals surface area contributed by atoms with Crippen molar-refractivity contribution in [1.82, 2.24) is 16.0 Å². The van der Waals surface area contributed by atoms with Crippen molar-refractivity contribution >= 4 is 23.7 Å². The van der Waals surface area contributed by atoms with Crippen LogP contribution in [0.4, 0.5) is 0 Å². The maximum absolute atomic E-state index is 12.4. The molecule has 138 valence electrons. The van der Waals surface area contributed by atoms with Gasteiger partial charge in [-0.15, -0.1) is 0 Å². The number of nitrogens with one attached hydrogen (secondary N) is 3. The molecule has 0 saturated carbocycles. The van der Waals surface area contributed by atoms with Gasteiger partial charge >= 0.3 is 5.97 Å². The molecule has 0 radical (unpaired) electrons. The summed E-state index contributed by atoms with van der Waals surface area (Å²) >= 11 is 0. The average Bonchev–Trinajstić information content (AvgIpc) is 2.47. The molecule has 0 saturated heterocycles. The molecule has 0 aliphatic carbocycles. The van der Waals surface area contributed by atoms with Crippen LogP contribution in [0.1, 0.15) is 41.0 Å². The standard InChI is InChI=1S/C16H29N3O5/c1-9(2)7-12(15(22)17-8-13(21)24-6)19-16(23)14(10(3)4)18-11(5)20/h9-10,12,14H,7-8H2,1-6H3,(H,17,22)(H,18,20)(H,19,23)/t12-,14-/m0/s1. The lowest BCUT2D eigenvalue weighted by molar-refractivity contribution is -0.141. The molecule has 2 atom stereocenters. The van der Waals surface area contributed by atoms with Crippen molar-refractivity contribution in [3.05, 3.63) is 0 Å². The van der Waals surface area contributed by atoms with E-state index in [9.17, 15) is 19.2 Å². The van der Waals surface area contributed by atoms with E-state index < -0.39 is 29.9 Å². The molecule has 0 rings (SSSR count). The number of hydrogen-bond donors (Lipinski definition) is 3. The fourth-order valence-corrected chi connectivity index (χ4v) is 2.07. The normalized spacial score (nSPS) is 13.2. The number of carbonyl (C=O) groups excluding carboxylic acids is 4. The average molecular weight is 343 g/mol. The molecule has 3 amide bonds. The number of carbonyl (C=O) groups is 4. The second-order valence-electron chi connectivity index (χ2n) is 6.41. The Morgan fingerprint density at radius 1 is 0.958 bits per heavy atom. The monoisotopic (exact) mass is 343 g/mol. The number of ether oxygens (including phenoxy) is 1. The van der Waals surface area contributed by atoms with E-state index in [-0.39, 0.29) is 24.3 Å². The van der Waals surface area contributed by atoms with E-state index in [0.717, 1.165) is 0 Å². The lowest BCUT2D eigenvalue weighted by Crippen LogP contribution is -2.55. The summed E-state index contributed by atoms with van der Waals surface area (Å²) in [6, 6.07) is -1.53. The molecule has 8 heteroatoms. The zero-order valence-electron chi connectivity index (χ0n) is 15.3. The Hall–Kier alpha value is -2.12. The number of methoxy groups -OCH3 is 1. The Bertz CT molecular complexity index is 463. The van der Waals surface area contributed by atoms with Crippen LogP contribution in [0, 0.1) is 11.8 Å². The van der Waals surface area contributed by atoms with Gasteiger partial charge in [-0.2, -0.15) is 0 Å². The number of esters is 1. The molecular weight excluding hydrogens is 314 g/mol. The van der Waals surface area contributed by atoms with Gasteiger partial charge in [-0.25, -0.2) is 0 Å². The highest BCUT2D eigenvalue weighted by Crippen LogP contribution is 2.08. The first-order valence-electron chi connectivity index (χ1n) is 8.00. The van der Waals surface area contributed by atoms with E-state index in [2.05, 4.69) is 20.7 Å². The lowest BCUT2D eigenvalue weighted by atomic mass is 10.00. The second kappa shape index (κ2) is 10.6. The Morgan fingerprint density at radius 3 is 1.96 bits per heavy atom. The maximum Gasteiger partial charge on any atom is 0.325 e. The molecule has 0 aliphatic rings. The van der Waals surface area contributed by atoms with E-state index in [4.69, 9.17) is 0 Å². The van der Waals surface area contributed by atoms with Gasteiger partial charge in [-0.3, -0.25) is 19.2 Å². The molecule has 0 aromatic heterocycles. The molecule has 0 aliphatic heterocycles. The van der Waals surface area contributed by atoms with E-state index >= 15 is 0 Å². The van der Waals surface area contributed by atoms with Crippen molar-refractivity contribution in [3.8, 4) is 0 Å². The molecule has 8 nitrogen and oxygen atoms in total. The Balaban J connectivity index is 4.97. The molecule has 0 unspecified atom stereocenters. The first-order chi connectivity index (χ1) is 11.1. The molecule has 0 aromatic carbocycles. The summed E-state index contributed by atoms with van der Waals surface area (Å²) in [5.74, 6) is -1.77. The van der Waals surface area contributed by atoms with Crippen LogP contribution in [-0.4, -0.2) is 49.4 Å². The highest BCUT2D eigenvalue weighted by atomic mass is 16.5. The van der Waals surface area contributed by atoms with Crippen LogP contribution in [0.2, 0.25) is 0 Å². The zero-order chi connectivity index (χ0) is 18.9. The molecule has 0 heterocycles. The summed E-state index contributed by atoms with van der Waals surface area (Å²) in [7, 11) is 1.22. The minimum Gasteiger partial charge on any atom is -0.468 e. The SMILES string of the molecule is COC(=O)CNC(=O)[C@H](CC(C)C)NC(=O)[C@@H](NC(C)=O)C(C)C. The Kier molecular flexibility index (Phi) is 9.68. The first kappa shape index (κ1) is 21.9. The number of amides is 3. The predicted octanol–water partition coefficient (Wildman–Crippen LogP) is -0.0328. The smallest absolute Gasteiger partial charge is 0.325 e. The third kappa shape index (κ3) is 8.50. The van der Waals surface area contributed by atoms with Crippen LogP contribution < -0.4 is 16.0 Å². The van der Waals surface area contributed by atoms with E-state index in [1.807, 2.05) is 13.8 Å². The third-order valence-electron chi connectivity index (χ3n) is 3.28. The molecule has 0 fully saturated rings. The van der Waals surface area contributed by atoms with Gasteiger partial charge < -0.3 is 20.7 Å². The van der Waals surface area contributed by atoms with Gasteiger partial charge in [-0.1, -0.05) is 27.7 Å². The third-order valence-corrected chi connectivity index (χ3v) is 3.28. The molecular formula is C16H29N3O5. The molecule has 3 N–H and O–H groups in total. The van der Waals surface area contributed by atoms with Crippen LogP contribution in [-0.2, 0) is 23.9 Å². The first-order valence-corrected chi connectivity index (χ1v) is 8.00. The fraction of sp³-hybridized carbons (Fsp3) is 0.750. The summed E-state index contributed by atoms with van der Waals surface area (Å²) in [5, 5.41) is 7.68. The highest BCUT2D eigenvalue weighted by Gasteiger charge is 2.28. The van der Waals surface area contributed by atoms with Gasteiger partial charge in [0.25, 0.3) is 0 Å². The van der Waals surface area contributed by atoms with Crippen LogP contribution in [0.15, 0.2) is 0 Å². The Morgan fingerprint density at radius 2 is 1.54 bits per heavy atom. The molecule has 0 aromatic rings. The Labute approximate surface area is 143 Å². The quantitative estimate of drug-likeness (QED) is 0.509.